The van der Waals surface area contributed by atoms with E-state index in [-0.39, 0.29) is 11.4 Å². The number of nitrogens with zero attached hydrogens (tertiary/aromatic N) is 2. The fraction of sp³-hybridized carbons (Fsp3) is 0.333. The predicted octanol–water partition coefficient (Wildman–Crippen LogP) is 4.50. The maximum Gasteiger partial charge on any atom is 0.240 e. The lowest BCUT2D eigenvalue weighted by Gasteiger charge is -2.38. The van der Waals surface area contributed by atoms with E-state index in [1.807, 2.05) is 23.6 Å². The molecule has 0 amide bonds. The molecule has 136 valence electrons. The van der Waals surface area contributed by atoms with Crippen LogP contribution in [0.2, 0.25) is 0 Å². The van der Waals surface area contributed by atoms with Crippen LogP contribution in [0.4, 0.5) is 4.39 Å². The summed E-state index contributed by atoms with van der Waals surface area (Å²) in [7, 11) is 0. The Morgan fingerprint density at radius 1 is 1.23 bits per heavy atom. The maximum absolute atomic E-state index is 13.3. The van der Waals surface area contributed by atoms with E-state index in [1.165, 1.54) is 12.1 Å². The van der Waals surface area contributed by atoms with Gasteiger partial charge in [-0.2, -0.15) is 4.98 Å². The Bertz CT molecular complexity index is 875. The highest BCUT2D eigenvalue weighted by Crippen LogP contribution is 2.33. The van der Waals surface area contributed by atoms with Gasteiger partial charge in [0.05, 0.1) is 11.4 Å². The van der Waals surface area contributed by atoms with Crippen molar-refractivity contribution < 1.29 is 13.7 Å². The molecule has 0 unspecified atom stereocenters. The highest BCUT2D eigenvalue weighted by molar-refractivity contribution is 9.10. The lowest BCUT2D eigenvalue weighted by molar-refractivity contribution is 0.0346. The van der Waals surface area contributed by atoms with E-state index in [0.717, 1.165) is 27.8 Å². The summed E-state index contributed by atoms with van der Waals surface area (Å²) in [6.45, 7) is 1.75. The van der Waals surface area contributed by atoms with Crippen LogP contribution in [-0.2, 0) is 16.8 Å². The number of hydrogen-bond donors (Lipinski definition) is 1. The van der Waals surface area contributed by atoms with Crippen LogP contribution >= 0.6 is 27.3 Å². The maximum atomic E-state index is 13.3. The molecule has 1 saturated heterocycles. The Morgan fingerprint density at radius 3 is 2.69 bits per heavy atom. The minimum absolute atomic E-state index is 0.236. The molecule has 1 aliphatic rings. The Hall–Kier alpha value is -1.61. The van der Waals surface area contributed by atoms with Crippen molar-refractivity contribution >= 4 is 27.3 Å². The van der Waals surface area contributed by atoms with Gasteiger partial charge in [0.25, 0.3) is 0 Å². The normalized spacial score (nSPS) is 16.7. The quantitative estimate of drug-likeness (QED) is 0.636. The summed E-state index contributed by atoms with van der Waals surface area (Å²) in [5.41, 5.74) is 0.760. The third-order valence-corrected chi connectivity index (χ3v) is 6.26. The minimum atomic E-state index is -0.285. The molecule has 1 N–H and O–H groups in total. The average Bonchev–Trinajstić information content (AvgIpc) is 3.30. The van der Waals surface area contributed by atoms with Crippen LogP contribution in [0.15, 0.2) is 44.7 Å². The number of ether oxygens (including phenoxy) is 1. The van der Waals surface area contributed by atoms with Crippen molar-refractivity contribution in [2.75, 3.05) is 13.2 Å². The van der Waals surface area contributed by atoms with Crippen LogP contribution in [-0.4, -0.2) is 23.4 Å². The first-order chi connectivity index (χ1) is 12.6. The van der Waals surface area contributed by atoms with Crippen molar-refractivity contribution in [2.24, 2.45) is 0 Å². The smallest absolute Gasteiger partial charge is 0.240 e. The predicted molar refractivity (Wildman–Crippen MR) is 100 cm³/mol. The summed E-state index contributed by atoms with van der Waals surface area (Å²) >= 11 is 4.99. The lowest BCUT2D eigenvalue weighted by Crippen LogP contribution is -2.46. The van der Waals surface area contributed by atoms with E-state index in [9.17, 15) is 4.39 Å². The number of halogens is 2. The Labute approximate surface area is 162 Å². The van der Waals surface area contributed by atoms with Crippen molar-refractivity contribution in [2.45, 2.75) is 24.9 Å². The van der Waals surface area contributed by atoms with Gasteiger partial charge in [0.1, 0.15) is 5.82 Å². The second-order valence-corrected chi connectivity index (χ2v) is 8.02. The van der Waals surface area contributed by atoms with Crippen LogP contribution in [0, 0.1) is 5.82 Å². The molecule has 3 heterocycles. The summed E-state index contributed by atoms with van der Waals surface area (Å²) in [5, 5.41) is 9.59. The molecule has 0 bridgehead atoms. The molecular formula is C18H17BrFN3O2S. The summed E-state index contributed by atoms with van der Waals surface area (Å²) in [6, 6.07) is 8.61. The SMILES string of the molecule is Fc1ccc(C2(NCc3nc(-c4cc(Br)cs4)no3)CCOCC2)cc1. The van der Waals surface area contributed by atoms with Crippen molar-refractivity contribution in [1.29, 1.82) is 0 Å². The standard InChI is InChI=1S/C18H17BrFN3O2S/c19-13-9-15(26-11-13)17-22-16(25-23-17)10-21-18(5-7-24-8-6-18)12-1-3-14(20)4-2-12/h1-4,9,11,21H,5-8,10H2. The topological polar surface area (TPSA) is 60.2 Å². The molecule has 0 saturated carbocycles. The first kappa shape index (κ1) is 17.8. The Morgan fingerprint density at radius 2 is 2.00 bits per heavy atom. The van der Waals surface area contributed by atoms with Gasteiger partial charge in [-0.05, 0) is 52.5 Å². The van der Waals surface area contributed by atoms with Crippen LogP contribution in [0.25, 0.3) is 10.7 Å². The lowest BCUT2D eigenvalue weighted by atomic mass is 9.82. The number of aromatic nitrogens is 2. The molecule has 0 spiro atoms. The first-order valence-electron chi connectivity index (χ1n) is 8.30. The summed E-state index contributed by atoms with van der Waals surface area (Å²) in [4.78, 5) is 5.43. The zero-order chi connectivity index (χ0) is 18.0. The Kier molecular flexibility index (Phi) is 5.17. The van der Waals surface area contributed by atoms with Gasteiger partial charge in [-0.3, -0.25) is 5.32 Å². The molecule has 8 heteroatoms. The average molecular weight is 438 g/mol. The summed E-state index contributed by atoms with van der Waals surface area (Å²) in [5.74, 6) is 0.873. The highest BCUT2D eigenvalue weighted by Gasteiger charge is 2.34. The summed E-state index contributed by atoms with van der Waals surface area (Å²) in [6.07, 6.45) is 1.61. The molecule has 3 aromatic rings. The first-order valence-corrected chi connectivity index (χ1v) is 9.98. The molecule has 26 heavy (non-hydrogen) atoms. The number of nitrogens with one attached hydrogen (secondary N) is 1. The fourth-order valence-corrected chi connectivity index (χ4v) is 4.51. The number of rotatable bonds is 5. The molecule has 4 rings (SSSR count). The molecule has 0 atom stereocenters. The third kappa shape index (κ3) is 3.73. The van der Waals surface area contributed by atoms with E-state index in [2.05, 4.69) is 31.4 Å². The van der Waals surface area contributed by atoms with Gasteiger partial charge < -0.3 is 9.26 Å². The second-order valence-electron chi connectivity index (χ2n) is 6.20. The summed E-state index contributed by atoms with van der Waals surface area (Å²) < 4.78 is 25.2. The van der Waals surface area contributed by atoms with Crippen LogP contribution in [0.5, 0.6) is 0 Å². The molecule has 5 nitrogen and oxygen atoms in total. The van der Waals surface area contributed by atoms with Gasteiger partial charge in [-0.15, -0.1) is 11.3 Å². The molecule has 1 aromatic carbocycles. The molecule has 1 fully saturated rings. The number of benzene rings is 1. The largest absolute Gasteiger partial charge is 0.381 e. The van der Waals surface area contributed by atoms with Crippen LogP contribution in [0.3, 0.4) is 0 Å². The van der Waals surface area contributed by atoms with Crippen molar-refractivity contribution in [3.05, 3.63) is 57.5 Å². The van der Waals surface area contributed by atoms with Gasteiger partial charge in [0, 0.05) is 28.6 Å². The second kappa shape index (κ2) is 7.56. The molecular weight excluding hydrogens is 421 g/mol. The van der Waals surface area contributed by atoms with E-state index in [0.29, 0.717) is 31.5 Å². The number of hydrogen-bond acceptors (Lipinski definition) is 6. The van der Waals surface area contributed by atoms with Gasteiger partial charge in [-0.1, -0.05) is 17.3 Å². The zero-order valence-electron chi connectivity index (χ0n) is 13.9. The minimum Gasteiger partial charge on any atom is -0.381 e. The highest BCUT2D eigenvalue weighted by atomic mass is 79.9. The number of thiophene rings is 1. The van der Waals surface area contributed by atoms with E-state index in [1.54, 1.807) is 11.3 Å². The third-order valence-electron chi connectivity index (χ3n) is 4.58. The Balaban J connectivity index is 1.52. The van der Waals surface area contributed by atoms with Crippen molar-refractivity contribution in [1.82, 2.24) is 15.5 Å². The molecule has 0 radical (unpaired) electrons. The van der Waals surface area contributed by atoms with Crippen molar-refractivity contribution in [3.8, 4) is 10.7 Å². The molecule has 1 aliphatic heterocycles. The van der Waals surface area contributed by atoms with Crippen LogP contribution in [0.1, 0.15) is 24.3 Å². The van der Waals surface area contributed by atoms with E-state index >= 15 is 0 Å². The monoisotopic (exact) mass is 437 g/mol. The van der Waals surface area contributed by atoms with Gasteiger partial charge >= 0.3 is 0 Å². The zero-order valence-corrected chi connectivity index (χ0v) is 16.3. The van der Waals surface area contributed by atoms with E-state index in [4.69, 9.17) is 9.26 Å². The molecule has 0 aliphatic carbocycles. The fourth-order valence-electron chi connectivity index (χ4n) is 3.16. The van der Waals surface area contributed by atoms with E-state index < -0.39 is 0 Å². The van der Waals surface area contributed by atoms with Gasteiger partial charge in [0.15, 0.2) is 0 Å². The van der Waals surface area contributed by atoms with Gasteiger partial charge in [-0.25, -0.2) is 4.39 Å². The van der Waals surface area contributed by atoms with Crippen LogP contribution < -0.4 is 5.32 Å². The molecule has 2 aromatic heterocycles. The van der Waals surface area contributed by atoms with Gasteiger partial charge in [0.2, 0.25) is 11.7 Å². The van der Waals surface area contributed by atoms with Crippen molar-refractivity contribution in [3.63, 3.8) is 0 Å².